The summed E-state index contributed by atoms with van der Waals surface area (Å²) in [4.78, 5) is 14.3. The van der Waals surface area contributed by atoms with Gasteiger partial charge >= 0.3 is 6.09 Å². The number of piperidine rings is 1. The first kappa shape index (κ1) is 13.7. The molecule has 2 unspecified atom stereocenters. The van der Waals surface area contributed by atoms with E-state index in [1.807, 2.05) is 20.8 Å². The summed E-state index contributed by atoms with van der Waals surface area (Å²) in [5.74, 6) is 0.652. The molecule has 0 aromatic carbocycles. The zero-order chi connectivity index (χ0) is 13.3. The van der Waals surface area contributed by atoms with E-state index < -0.39 is 5.60 Å². The first-order chi connectivity index (χ1) is 8.33. The van der Waals surface area contributed by atoms with Gasteiger partial charge in [-0.15, -0.1) is 0 Å². The Kier molecular flexibility index (Phi) is 3.85. The highest BCUT2D eigenvalue weighted by molar-refractivity contribution is 5.68. The second-order valence-corrected chi connectivity index (χ2v) is 6.87. The van der Waals surface area contributed by atoms with Crippen molar-refractivity contribution >= 4 is 6.09 Å². The Balaban J connectivity index is 1.82. The first-order valence-electron chi connectivity index (χ1n) is 7.07. The van der Waals surface area contributed by atoms with Gasteiger partial charge in [-0.3, -0.25) is 4.90 Å². The molecule has 2 fully saturated rings. The Bertz CT molecular complexity index is 307. The van der Waals surface area contributed by atoms with Crippen molar-refractivity contribution in [2.75, 3.05) is 13.1 Å². The number of carbonyl (C=O) groups excluding carboxylic acids is 1. The van der Waals surface area contributed by atoms with Crippen LogP contribution in [-0.4, -0.2) is 41.8 Å². The minimum absolute atomic E-state index is 0.240. The summed E-state index contributed by atoms with van der Waals surface area (Å²) in [5.41, 5.74) is -0.416. The van der Waals surface area contributed by atoms with Crippen LogP contribution in [0.2, 0.25) is 0 Å². The van der Waals surface area contributed by atoms with E-state index in [4.69, 9.17) is 4.74 Å². The lowest BCUT2D eigenvalue weighted by molar-refractivity contribution is 0.0449. The molecule has 4 nitrogen and oxygen atoms in total. The molecule has 0 spiro atoms. The lowest BCUT2D eigenvalue weighted by Crippen LogP contribution is -2.51. The Labute approximate surface area is 110 Å². The summed E-state index contributed by atoms with van der Waals surface area (Å²) in [6, 6.07) is 1.01. The molecule has 2 aliphatic rings. The minimum atomic E-state index is -0.416. The van der Waals surface area contributed by atoms with E-state index in [-0.39, 0.29) is 12.1 Å². The third kappa shape index (κ3) is 4.16. The smallest absolute Gasteiger partial charge is 0.407 e. The molecule has 2 atom stereocenters. The topological polar surface area (TPSA) is 41.6 Å². The van der Waals surface area contributed by atoms with Crippen LogP contribution in [0.15, 0.2) is 0 Å². The number of nitrogens with zero attached hydrogens (tertiary/aromatic N) is 1. The van der Waals surface area contributed by atoms with E-state index in [1.165, 1.54) is 19.4 Å². The average molecular weight is 254 g/mol. The highest BCUT2D eigenvalue weighted by Gasteiger charge is 2.35. The first-order valence-corrected chi connectivity index (χ1v) is 7.07. The van der Waals surface area contributed by atoms with Crippen LogP contribution in [-0.2, 0) is 4.74 Å². The summed E-state index contributed by atoms with van der Waals surface area (Å²) in [5, 5.41) is 3.02. The van der Waals surface area contributed by atoms with Crippen molar-refractivity contribution in [2.24, 2.45) is 5.92 Å². The number of nitrogens with one attached hydrogen (secondary N) is 1. The Morgan fingerprint density at radius 2 is 1.94 bits per heavy atom. The minimum Gasteiger partial charge on any atom is -0.444 e. The Hall–Kier alpha value is -0.770. The van der Waals surface area contributed by atoms with E-state index >= 15 is 0 Å². The van der Waals surface area contributed by atoms with Gasteiger partial charge in [-0.25, -0.2) is 4.79 Å². The standard InChI is InChI=1S/C14H26N2O2/c1-10-7-11(9-16(8-10)12-5-6-12)15-13(17)18-14(2,3)4/h10-12H,5-9H2,1-4H3,(H,15,17). The summed E-state index contributed by atoms with van der Waals surface area (Å²) in [6.07, 6.45) is 3.43. The number of rotatable bonds is 2. The molecule has 2 rings (SSSR count). The van der Waals surface area contributed by atoms with Gasteiger partial charge < -0.3 is 10.1 Å². The second-order valence-electron chi connectivity index (χ2n) is 6.87. The summed E-state index contributed by atoms with van der Waals surface area (Å²) in [6.45, 7) is 10.1. The molecule has 1 heterocycles. The van der Waals surface area contributed by atoms with Crippen LogP contribution >= 0.6 is 0 Å². The second kappa shape index (κ2) is 5.08. The molecule has 1 N–H and O–H groups in total. The van der Waals surface area contributed by atoms with Gasteiger partial charge in [0, 0.05) is 25.2 Å². The maximum atomic E-state index is 11.8. The van der Waals surface area contributed by atoms with Gasteiger partial charge in [0.15, 0.2) is 0 Å². The molecule has 1 saturated heterocycles. The number of ether oxygens (including phenoxy) is 1. The molecule has 0 aromatic rings. The molecule has 18 heavy (non-hydrogen) atoms. The van der Waals surface area contributed by atoms with Gasteiger partial charge in [0.1, 0.15) is 5.60 Å². The van der Waals surface area contributed by atoms with Crippen molar-refractivity contribution in [1.82, 2.24) is 10.2 Å². The zero-order valence-corrected chi connectivity index (χ0v) is 12.0. The molecule has 1 saturated carbocycles. The number of amides is 1. The molecule has 0 radical (unpaired) electrons. The van der Waals surface area contributed by atoms with E-state index in [0.717, 1.165) is 19.0 Å². The van der Waals surface area contributed by atoms with Gasteiger partial charge in [0.05, 0.1) is 0 Å². The van der Waals surface area contributed by atoms with Crippen molar-refractivity contribution in [3.05, 3.63) is 0 Å². The van der Waals surface area contributed by atoms with Crippen molar-refractivity contribution < 1.29 is 9.53 Å². The number of hydrogen-bond acceptors (Lipinski definition) is 3. The van der Waals surface area contributed by atoms with Crippen LogP contribution in [0.25, 0.3) is 0 Å². The van der Waals surface area contributed by atoms with Gasteiger partial charge in [-0.1, -0.05) is 6.92 Å². The summed E-state index contributed by atoms with van der Waals surface area (Å²) >= 11 is 0. The molecule has 0 aromatic heterocycles. The number of likely N-dealkylation sites (tertiary alicyclic amines) is 1. The van der Waals surface area contributed by atoms with Crippen LogP contribution in [0, 0.1) is 5.92 Å². The Morgan fingerprint density at radius 3 is 2.50 bits per heavy atom. The largest absolute Gasteiger partial charge is 0.444 e. The quantitative estimate of drug-likeness (QED) is 0.822. The molecule has 1 aliphatic heterocycles. The SMILES string of the molecule is CC1CC(NC(=O)OC(C)(C)C)CN(C2CC2)C1. The van der Waals surface area contributed by atoms with E-state index in [0.29, 0.717) is 5.92 Å². The van der Waals surface area contributed by atoms with Crippen molar-refractivity contribution in [2.45, 2.75) is 64.6 Å². The molecular formula is C14H26N2O2. The van der Waals surface area contributed by atoms with Crippen LogP contribution < -0.4 is 5.32 Å². The summed E-state index contributed by atoms with van der Waals surface area (Å²) < 4.78 is 5.32. The highest BCUT2D eigenvalue weighted by Crippen LogP contribution is 2.30. The molecule has 4 heteroatoms. The van der Waals surface area contributed by atoms with Gasteiger partial charge in [-0.2, -0.15) is 0 Å². The average Bonchev–Trinajstić information content (AvgIpc) is 2.95. The van der Waals surface area contributed by atoms with Crippen molar-refractivity contribution in [3.8, 4) is 0 Å². The van der Waals surface area contributed by atoms with Crippen molar-refractivity contribution in [1.29, 1.82) is 0 Å². The predicted molar refractivity (Wildman–Crippen MR) is 71.5 cm³/mol. The van der Waals surface area contributed by atoms with E-state index in [1.54, 1.807) is 0 Å². The molecular weight excluding hydrogens is 228 g/mol. The van der Waals surface area contributed by atoms with Gasteiger partial charge in [0.25, 0.3) is 0 Å². The van der Waals surface area contributed by atoms with E-state index in [9.17, 15) is 4.79 Å². The van der Waals surface area contributed by atoms with Crippen LogP contribution in [0.4, 0.5) is 4.79 Å². The molecule has 1 amide bonds. The van der Waals surface area contributed by atoms with Gasteiger partial charge in [0.2, 0.25) is 0 Å². The number of hydrogen-bond donors (Lipinski definition) is 1. The third-order valence-electron chi connectivity index (χ3n) is 3.47. The monoisotopic (exact) mass is 254 g/mol. The van der Waals surface area contributed by atoms with E-state index in [2.05, 4.69) is 17.1 Å². The van der Waals surface area contributed by atoms with Crippen LogP contribution in [0.1, 0.15) is 47.0 Å². The highest BCUT2D eigenvalue weighted by atomic mass is 16.6. The Morgan fingerprint density at radius 1 is 1.28 bits per heavy atom. The fourth-order valence-corrected chi connectivity index (χ4v) is 2.71. The maximum absolute atomic E-state index is 11.8. The normalized spacial score (nSPS) is 30.0. The fraction of sp³-hybridized carbons (Fsp3) is 0.929. The predicted octanol–water partition coefficient (Wildman–Crippen LogP) is 2.38. The lowest BCUT2D eigenvalue weighted by Gasteiger charge is -2.37. The third-order valence-corrected chi connectivity index (χ3v) is 3.47. The van der Waals surface area contributed by atoms with Gasteiger partial charge in [-0.05, 0) is 46.0 Å². The molecule has 1 aliphatic carbocycles. The number of carbonyl (C=O) groups is 1. The van der Waals surface area contributed by atoms with Crippen LogP contribution in [0.5, 0.6) is 0 Å². The lowest BCUT2D eigenvalue weighted by atomic mass is 9.96. The fourth-order valence-electron chi connectivity index (χ4n) is 2.71. The number of alkyl carbamates (subject to hydrolysis) is 1. The van der Waals surface area contributed by atoms with Crippen molar-refractivity contribution in [3.63, 3.8) is 0 Å². The molecule has 0 bridgehead atoms. The molecule has 104 valence electrons. The zero-order valence-electron chi connectivity index (χ0n) is 12.0. The van der Waals surface area contributed by atoms with Crippen LogP contribution in [0.3, 0.4) is 0 Å². The maximum Gasteiger partial charge on any atom is 0.407 e. The summed E-state index contributed by atoms with van der Waals surface area (Å²) in [7, 11) is 0.